The molecule has 0 saturated heterocycles. The minimum Gasteiger partial charge on any atom is -0.506 e. The Balaban J connectivity index is 0.000000234. The molecule has 13 rings (SSSR count). The molecule has 0 fully saturated rings. The van der Waals surface area contributed by atoms with Gasteiger partial charge in [0.2, 0.25) is 47.5 Å². The number of aromatic nitrogens is 11. The first-order valence-corrected chi connectivity index (χ1v) is 32.5. The molecule has 0 spiro atoms. The number of nitrogens with zero attached hydrogens (tertiary/aromatic N) is 11. The van der Waals surface area contributed by atoms with E-state index in [1.807, 2.05) is 22.6 Å². The number of rotatable bonds is 17. The number of nitrogens with one attached hydrogen (secondary N) is 1. The summed E-state index contributed by atoms with van der Waals surface area (Å²) in [5.74, 6) is -4.13. The molecule has 0 aliphatic carbocycles. The van der Waals surface area contributed by atoms with Crippen LogP contribution in [0.5, 0.6) is 34.5 Å². The van der Waals surface area contributed by atoms with E-state index in [0.717, 1.165) is 36.0 Å². The maximum Gasteiger partial charge on any atom is 0.215 e. The standard InChI is InChI=1S/C18H11ClF2N4O.C13H11FN2O3.C12H11FN2O2.C11H7FN2O2.C7H7FINO2.C5H3FINO.C5H4FNO.2CH4/c19-12-7-10(1-2-13(12)20)24-16-11-8-14(21)25-15(17(11)26-18(16)22)9-3-5-23-6-4-9;1-18-8-19-13-10(7-17)6-11(14)16-12(13)9-2-4-15-5-3-9;1-16-8-17-10-2-3-11(13)15-12(10)9-4-6-14-7-5-9;12-9-5-8(6-15)11(16)10(14-9)7-1-3-13-4-2-7;1-11-4-12-5-2-3-6(8)10-7(5)9;6-4-2-1-3(9)5(7)8-4;6-5-2-1-4(8)3-7-5;;/h1-8,24H,22H2;2-7H,8H2,1H3;2-7H,8H2,1H3;1-6,16H;2-3H,4H2,1H3;1-2,9H;1-3,8H;2*1H4. The third kappa shape index (κ3) is 26.9. The number of benzene rings is 1. The summed E-state index contributed by atoms with van der Waals surface area (Å²) < 4.78 is 140. The second kappa shape index (κ2) is 45.0. The van der Waals surface area contributed by atoms with Gasteiger partial charge in [0.05, 0.1) is 27.7 Å². The lowest BCUT2D eigenvalue weighted by molar-refractivity contribution is 0.0500. The second-order valence-corrected chi connectivity index (χ2v) is 22.7. The number of hydrogen-bond donors (Lipinski definition) is 5. The summed E-state index contributed by atoms with van der Waals surface area (Å²) in [6, 6.07) is 30.7. The van der Waals surface area contributed by atoms with Crippen LogP contribution in [0.4, 0.5) is 52.4 Å². The normalized spacial score (nSPS) is 10.0. The van der Waals surface area contributed by atoms with E-state index in [1.165, 1.54) is 94.4 Å². The average Bonchev–Trinajstić information content (AvgIpc) is 1.64. The van der Waals surface area contributed by atoms with Crippen LogP contribution in [0.2, 0.25) is 5.02 Å². The Morgan fingerprint density at radius 1 is 0.486 bits per heavy atom. The van der Waals surface area contributed by atoms with Crippen molar-refractivity contribution in [1.82, 2.24) is 54.8 Å². The molecule has 6 N–H and O–H groups in total. The topological polar surface area (TPSA) is 343 Å². The largest absolute Gasteiger partial charge is 0.506 e. The first kappa shape index (κ1) is 87.9. The molecule has 0 aliphatic rings. The van der Waals surface area contributed by atoms with Gasteiger partial charge < -0.3 is 59.2 Å². The summed E-state index contributed by atoms with van der Waals surface area (Å²) >= 11 is 9.44. The van der Waals surface area contributed by atoms with Crippen LogP contribution in [0, 0.1) is 54.9 Å². The number of carbonyl (C=O) groups is 2. The highest BCUT2D eigenvalue weighted by Crippen LogP contribution is 2.40. The van der Waals surface area contributed by atoms with Crippen LogP contribution in [0.15, 0.2) is 194 Å². The molecular formula is C73H62ClF8I2N13O12. The van der Waals surface area contributed by atoms with Gasteiger partial charge in [-0.1, -0.05) is 26.5 Å². The smallest absolute Gasteiger partial charge is 0.215 e. The van der Waals surface area contributed by atoms with Crippen molar-refractivity contribution < 1.29 is 92.9 Å². The summed E-state index contributed by atoms with van der Waals surface area (Å²) in [6.45, 7) is 0.168. The number of hydrogen-bond acceptors (Lipinski definition) is 25. The molecular weight excluding hydrogens is 1690 g/mol. The lowest BCUT2D eigenvalue weighted by atomic mass is 10.1. The van der Waals surface area contributed by atoms with Crippen molar-refractivity contribution in [2.24, 2.45) is 0 Å². The molecule has 36 heteroatoms. The number of furan rings is 1. The molecule has 0 saturated carbocycles. The number of pyridine rings is 11. The number of carbonyl (C=O) groups excluding carboxylic acids is 2. The van der Waals surface area contributed by atoms with Crippen LogP contribution in [-0.4, -0.2) is 124 Å². The molecule has 568 valence electrons. The first-order chi connectivity index (χ1) is 51.5. The van der Waals surface area contributed by atoms with Crippen molar-refractivity contribution >= 4 is 97.6 Å². The fraction of sp³-hybridized carbons (Fsp3) is 0.110. The van der Waals surface area contributed by atoms with Crippen molar-refractivity contribution in [2.45, 2.75) is 14.9 Å². The SMILES string of the molecule is C.C.COCOc1c(C=O)cc(F)nc1-c1ccncc1.COCOc1ccc(F)nc1-c1ccncc1.COCOc1ccc(F)nc1I.Nc1oc2c(-c3ccncc3)nc(F)cc2c1Nc1ccc(F)c(Cl)c1.O=Cc1cc(F)nc(-c2ccncc2)c1O.Oc1ccc(F)nc1.Oc1ccc(F)nc1I. The molecule has 0 amide bonds. The van der Waals surface area contributed by atoms with Crippen LogP contribution in [0.1, 0.15) is 35.6 Å². The molecule has 13 aromatic rings. The Labute approximate surface area is 648 Å². The molecule has 12 heterocycles. The molecule has 0 bridgehead atoms. The number of fused-ring (bicyclic) bond motifs is 1. The molecule has 0 radical (unpaired) electrons. The van der Waals surface area contributed by atoms with Gasteiger partial charge in [-0.05, 0) is 160 Å². The molecule has 0 unspecified atom stereocenters. The Bertz CT molecular complexity index is 5020. The zero-order chi connectivity index (χ0) is 77.4. The van der Waals surface area contributed by atoms with Crippen LogP contribution in [-0.2, 0) is 14.2 Å². The lowest BCUT2D eigenvalue weighted by Crippen LogP contribution is -2.05. The maximum absolute atomic E-state index is 14.1. The zero-order valence-corrected chi connectivity index (χ0v) is 60.4. The minimum absolute atomic E-state index is 0. The van der Waals surface area contributed by atoms with E-state index in [4.69, 9.17) is 55.6 Å². The molecule has 0 aliphatic heterocycles. The molecule has 1 aromatic carbocycles. The van der Waals surface area contributed by atoms with Crippen molar-refractivity contribution in [3.05, 3.63) is 260 Å². The van der Waals surface area contributed by atoms with Gasteiger partial charge in [0.15, 0.2) is 55.8 Å². The number of aldehydes is 2. The van der Waals surface area contributed by atoms with Crippen LogP contribution >= 0.6 is 56.8 Å². The quantitative estimate of drug-likeness (QED) is 0.0186. The number of nitrogens with two attached hydrogens (primary N) is 1. The van der Waals surface area contributed by atoms with Gasteiger partial charge in [-0.3, -0.25) is 29.5 Å². The van der Waals surface area contributed by atoms with Crippen LogP contribution < -0.4 is 25.3 Å². The zero-order valence-electron chi connectivity index (χ0n) is 55.3. The summed E-state index contributed by atoms with van der Waals surface area (Å²) in [4.78, 5) is 62.2. The lowest BCUT2D eigenvalue weighted by Gasteiger charge is -2.12. The number of methoxy groups -OCH3 is 3. The fourth-order valence-corrected chi connectivity index (χ4v) is 9.48. The maximum atomic E-state index is 14.1. The number of ether oxygens (including phenoxy) is 6. The van der Waals surface area contributed by atoms with Crippen LogP contribution in [0.25, 0.3) is 56.0 Å². The summed E-state index contributed by atoms with van der Waals surface area (Å²) in [7, 11) is 4.48. The Kier molecular flexibility index (Phi) is 36.3. The Morgan fingerprint density at radius 2 is 0.927 bits per heavy atom. The van der Waals surface area contributed by atoms with Gasteiger partial charge in [-0.2, -0.15) is 30.7 Å². The number of halogens is 11. The van der Waals surface area contributed by atoms with Crippen molar-refractivity contribution in [1.29, 1.82) is 0 Å². The fourth-order valence-electron chi connectivity index (χ4n) is 8.33. The highest BCUT2D eigenvalue weighted by molar-refractivity contribution is 14.1. The van der Waals surface area contributed by atoms with Gasteiger partial charge in [-0.15, -0.1) is 0 Å². The van der Waals surface area contributed by atoms with Gasteiger partial charge in [-0.25, -0.2) is 39.3 Å². The monoisotopic (exact) mass is 1750 g/mol. The van der Waals surface area contributed by atoms with E-state index in [1.54, 1.807) is 108 Å². The third-order valence-electron chi connectivity index (χ3n) is 13.0. The first-order valence-electron chi connectivity index (χ1n) is 29.9. The van der Waals surface area contributed by atoms with Gasteiger partial charge in [0, 0.05) is 117 Å². The van der Waals surface area contributed by atoms with Crippen LogP contribution in [0.3, 0.4) is 0 Å². The average molecular weight is 1750 g/mol. The van der Waals surface area contributed by atoms with E-state index in [-0.39, 0.29) is 95.4 Å². The number of aromatic hydroxyl groups is 3. The molecule has 25 nitrogen and oxygen atoms in total. The highest BCUT2D eigenvalue weighted by Gasteiger charge is 2.21. The summed E-state index contributed by atoms with van der Waals surface area (Å²) in [5.41, 5.74) is 10.6. The number of nitrogen functional groups attached to an aromatic ring is 1. The van der Waals surface area contributed by atoms with Gasteiger partial charge in [0.25, 0.3) is 0 Å². The Morgan fingerprint density at radius 3 is 1.42 bits per heavy atom. The van der Waals surface area contributed by atoms with E-state index in [9.17, 15) is 49.8 Å². The van der Waals surface area contributed by atoms with E-state index in [2.05, 4.69) is 64.9 Å². The van der Waals surface area contributed by atoms with Crippen molar-refractivity contribution in [3.63, 3.8) is 0 Å². The predicted molar refractivity (Wildman–Crippen MR) is 403 cm³/mol. The molecule has 109 heavy (non-hydrogen) atoms. The van der Waals surface area contributed by atoms with Gasteiger partial charge >= 0.3 is 0 Å². The Hall–Kier alpha value is -11.8. The van der Waals surface area contributed by atoms with E-state index < -0.39 is 47.5 Å². The summed E-state index contributed by atoms with van der Waals surface area (Å²) in [6.07, 6.45) is 14.4. The van der Waals surface area contributed by atoms with Gasteiger partial charge in [0.1, 0.15) is 58.9 Å². The van der Waals surface area contributed by atoms with Crippen molar-refractivity contribution in [3.8, 4) is 79.5 Å². The summed E-state index contributed by atoms with van der Waals surface area (Å²) in [5, 5.41) is 30.4. The van der Waals surface area contributed by atoms with E-state index in [0.29, 0.717) is 78.2 Å². The van der Waals surface area contributed by atoms with Crippen molar-refractivity contribution in [2.75, 3.05) is 52.8 Å². The molecule has 0 atom stereocenters. The predicted octanol–water partition coefficient (Wildman–Crippen LogP) is 16.8. The third-order valence-corrected chi connectivity index (χ3v) is 14.8. The minimum atomic E-state index is -0.813. The number of anilines is 3. The highest BCUT2D eigenvalue weighted by atomic mass is 127. The second-order valence-electron chi connectivity index (χ2n) is 20.2. The molecule has 12 aromatic heterocycles. The van der Waals surface area contributed by atoms with E-state index >= 15 is 0 Å².